The Hall–Kier alpha value is -3.24. The normalized spacial score (nSPS) is 21.8. The summed E-state index contributed by atoms with van der Waals surface area (Å²) in [4.78, 5) is 12.5. The molecule has 2 N–H and O–H groups in total. The first-order chi connectivity index (χ1) is 16.8. The average Bonchev–Trinajstić information content (AvgIpc) is 3.35. The van der Waals surface area contributed by atoms with Crippen molar-refractivity contribution in [1.82, 2.24) is 25.3 Å². The minimum Gasteiger partial charge on any atom is -0.467 e. The fourth-order valence-electron chi connectivity index (χ4n) is 4.98. The second-order valence-corrected chi connectivity index (χ2v) is 10.2. The van der Waals surface area contributed by atoms with E-state index in [-0.39, 0.29) is 12.8 Å². The van der Waals surface area contributed by atoms with Crippen molar-refractivity contribution in [3.05, 3.63) is 30.3 Å². The molecule has 1 amide bonds. The molecule has 2 fully saturated rings. The number of rotatable bonds is 6. The van der Waals surface area contributed by atoms with Crippen LogP contribution in [0.1, 0.15) is 52.5 Å². The van der Waals surface area contributed by atoms with Crippen LogP contribution >= 0.6 is 0 Å². The third-order valence-electron chi connectivity index (χ3n) is 6.36. The van der Waals surface area contributed by atoms with Gasteiger partial charge in [-0.2, -0.15) is 5.10 Å². The van der Waals surface area contributed by atoms with Gasteiger partial charge in [-0.25, -0.2) is 4.79 Å². The summed E-state index contributed by atoms with van der Waals surface area (Å²) >= 11 is 0. The molecule has 0 aliphatic carbocycles. The number of fused-ring (bicyclic) bond motifs is 3. The number of carbonyl (C=O) groups is 1. The zero-order chi connectivity index (χ0) is 24.6. The Labute approximate surface area is 204 Å². The van der Waals surface area contributed by atoms with E-state index in [1.165, 1.54) is 12.8 Å². The first-order valence-corrected chi connectivity index (χ1v) is 12.0. The summed E-state index contributed by atoms with van der Waals surface area (Å²) in [6, 6.07) is 10.8. The minimum absolute atomic E-state index is 0.131. The van der Waals surface area contributed by atoms with Crippen molar-refractivity contribution in [3.63, 3.8) is 0 Å². The molecule has 186 valence electrons. The molecule has 5 rings (SSSR count). The van der Waals surface area contributed by atoms with Gasteiger partial charge in [-0.15, -0.1) is 10.2 Å². The maximum atomic E-state index is 12.5. The van der Waals surface area contributed by atoms with E-state index in [2.05, 4.69) is 20.8 Å². The average molecular weight is 481 g/mol. The summed E-state index contributed by atoms with van der Waals surface area (Å²) in [5.41, 5.74) is 2.18. The Morgan fingerprint density at radius 3 is 2.63 bits per heavy atom. The van der Waals surface area contributed by atoms with E-state index in [0.717, 1.165) is 23.9 Å². The fraction of sp³-hybridized carbons (Fsp3) is 0.520. The van der Waals surface area contributed by atoms with E-state index in [4.69, 9.17) is 19.3 Å². The number of amides is 1. The van der Waals surface area contributed by atoms with Gasteiger partial charge in [-0.05, 0) is 64.7 Å². The second-order valence-electron chi connectivity index (χ2n) is 10.2. The molecule has 0 saturated carbocycles. The molecule has 1 aromatic carbocycles. The number of methoxy groups -OCH3 is 1. The Balaban J connectivity index is 1.55. The van der Waals surface area contributed by atoms with Gasteiger partial charge < -0.3 is 19.5 Å². The lowest BCUT2D eigenvalue weighted by Gasteiger charge is -2.29. The first-order valence-electron chi connectivity index (χ1n) is 12.0. The number of nitrogens with one attached hydrogen (secondary N) is 2. The van der Waals surface area contributed by atoms with Crippen LogP contribution < -0.4 is 15.4 Å². The van der Waals surface area contributed by atoms with Crippen molar-refractivity contribution in [1.29, 1.82) is 0 Å². The van der Waals surface area contributed by atoms with Gasteiger partial charge in [0, 0.05) is 24.8 Å². The molecule has 2 aliphatic heterocycles. The summed E-state index contributed by atoms with van der Waals surface area (Å²) < 4.78 is 18.3. The van der Waals surface area contributed by atoms with Gasteiger partial charge in [-0.3, -0.25) is 10.00 Å². The standard InChI is InChI=1S/C25H32N6O4/c1-25(2,3)35-24(32)27-23-22-20(31(30-23)17-11-15-9-10-16(12-17)26-15)13-19(28-29-22)18-7-5-6-8-21(18)34-14-33-4/h5-8,13,15-17,26H,9-12,14H2,1-4H3,(H,27,30,32). The number of piperidine rings is 1. The van der Waals surface area contributed by atoms with Gasteiger partial charge in [0.25, 0.3) is 0 Å². The first kappa shape index (κ1) is 23.5. The summed E-state index contributed by atoms with van der Waals surface area (Å²) in [7, 11) is 1.58. The maximum Gasteiger partial charge on any atom is 0.413 e. The van der Waals surface area contributed by atoms with E-state index in [1.54, 1.807) is 7.11 Å². The minimum atomic E-state index is -0.624. The largest absolute Gasteiger partial charge is 0.467 e. The van der Waals surface area contributed by atoms with Crippen LogP contribution in [0.4, 0.5) is 10.6 Å². The summed E-state index contributed by atoms with van der Waals surface area (Å²) in [6.07, 6.45) is 3.74. The molecule has 2 atom stereocenters. The SMILES string of the molecule is COCOc1ccccc1-c1cc2c(nn1)c(NC(=O)OC(C)(C)C)nn2C1CC2CCC(C1)N2. The molecular formula is C25H32N6O4. The van der Waals surface area contributed by atoms with Crippen molar-refractivity contribution in [2.24, 2.45) is 0 Å². The van der Waals surface area contributed by atoms with E-state index in [0.29, 0.717) is 34.9 Å². The summed E-state index contributed by atoms with van der Waals surface area (Å²) in [6.45, 7) is 5.60. The molecule has 3 aromatic rings. The Bertz CT molecular complexity index is 1210. The number of hydrogen-bond acceptors (Lipinski definition) is 8. The molecule has 0 radical (unpaired) electrons. The van der Waals surface area contributed by atoms with Gasteiger partial charge in [0.05, 0.1) is 17.3 Å². The van der Waals surface area contributed by atoms with Gasteiger partial charge in [0.1, 0.15) is 11.4 Å². The van der Waals surface area contributed by atoms with Crippen LogP contribution in [-0.4, -0.2) is 57.7 Å². The van der Waals surface area contributed by atoms with Crippen LogP contribution in [0, 0.1) is 0 Å². The predicted octanol–water partition coefficient (Wildman–Crippen LogP) is 4.28. The molecule has 10 nitrogen and oxygen atoms in total. The van der Waals surface area contributed by atoms with Crippen LogP contribution in [0.15, 0.2) is 30.3 Å². The fourth-order valence-corrected chi connectivity index (χ4v) is 4.98. The zero-order valence-electron chi connectivity index (χ0n) is 20.6. The van der Waals surface area contributed by atoms with Gasteiger partial charge in [0.2, 0.25) is 0 Å². The lowest BCUT2D eigenvalue weighted by atomic mass is 10.00. The number of anilines is 1. The monoisotopic (exact) mass is 480 g/mol. The van der Waals surface area contributed by atoms with Crippen LogP contribution in [0.25, 0.3) is 22.3 Å². The number of carbonyl (C=O) groups excluding carboxylic acids is 1. The van der Waals surface area contributed by atoms with Crippen molar-refractivity contribution in [2.75, 3.05) is 19.2 Å². The third-order valence-corrected chi connectivity index (χ3v) is 6.36. The number of hydrogen-bond donors (Lipinski definition) is 2. The van der Waals surface area contributed by atoms with Gasteiger partial charge >= 0.3 is 6.09 Å². The predicted molar refractivity (Wildman–Crippen MR) is 131 cm³/mol. The number of nitrogens with zero attached hydrogens (tertiary/aromatic N) is 4. The zero-order valence-corrected chi connectivity index (χ0v) is 20.6. The third kappa shape index (κ3) is 5.08. The molecule has 2 aliphatic rings. The quantitative estimate of drug-likeness (QED) is 0.503. The van der Waals surface area contributed by atoms with Crippen molar-refractivity contribution in [3.8, 4) is 17.0 Å². The molecule has 2 unspecified atom stereocenters. The molecule has 2 bridgehead atoms. The van der Waals surface area contributed by atoms with Crippen LogP contribution in [0.2, 0.25) is 0 Å². The molecule has 0 spiro atoms. The van der Waals surface area contributed by atoms with E-state index < -0.39 is 11.7 Å². The highest BCUT2D eigenvalue weighted by atomic mass is 16.7. The highest BCUT2D eigenvalue weighted by Crippen LogP contribution is 2.38. The highest BCUT2D eigenvalue weighted by molar-refractivity contribution is 5.96. The van der Waals surface area contributed by atoms with Crippen LogP contribution in [0.3, 0.4) is 0 Å². The molecule has 4 heterocycles. The van der Waals surface area contributed by atoms with E-state index in [9.17, 15) is 4.79 Å². The van der Waals surface area contributed by atoms with Gasteiger partial charge in [0.15, 0.2) is 18.1 Å². The lowest BCUT2D eigenvalue weighted by molar-refractivity contribution is 0.0515. The smallest absolute Gasteiger partial charge is 0.413 e. The molecule has 35 heavy (non-hydrogen) atoms. The Kier molecular flexibility index (Phi) is 6.33. The van der Waals surface area contributed by atoms with Gasteiger partial charge in [-0.1, -0.05) is 12.1 Å². The van der Waals surface area contributed by atoms with E-state index in [1.807, 2.05) is 55.8 Å². The number of aromatic nitrogens is 4. The molecule has 2 aromatic heterocycles. The highest BCUT2D eigenvalue weighted by Gasteiger charge is 2.36. The van der Waals surface area contributed by atoms with Crippen LogP contribution in [0.5, 0.6) is 5.75 Å². The van der Waals surface area contributed by atoms with Crippen LogP contribution in [-0.2, 0) is 9.47 Å². The molecular weight excluding hydrogens is 448 g/mol. The number of para-hydroxylation sites is 1. The van der Waals surface area contributed by atoms with Crippen molar-refractivity contribution < 1.29 is 19.0 Å². The second kappa shape index (κ2) is 9.43. The van der Waals surface area contributed by atoms with Crippen molar-refractivity contribution >= 4 is 22.9 Å². The van der Waals surface area contributed by atoms with E-state index >= 15 is 0 Å². The summed E-state index contributed by atoms with van der Waals surface area (Å²) in [5, 5.41) is 20.2. The molecule has 2 saturated heterocycles. The number of benzene rings is 1. The maximum absolute atomic E-state index is 12.5. The topological polar surface area (TPSA) is 112 Å². The number of ether oxygens (including phenoxy) is 3. The Morgan fingerprint density at radius 1 is 1.17 bits per heavy atom. The lowest BCUT2D eigenvalue weighted by Crippen LogP contribution is -2.39. The summed E-state index contributed by atoms with van der Waals surface area (Å²) in [5.74, 6) is 1.00. The Morgan fingerprint density at radius 2 is 1.91 bits per heavy atom. The molecule has 10 heteroatoms. The van der Waals surface area contributed by atoms with Crippen molar-refractivity contribution in [2.45, 2.75) is 70.2 Å².